The van der Waals surface area contributed by atoms with Crippen molar-refractivity contribution in [3.05, 3.63) is 37.2 Å². The summed E-state index contributed by atoms with van der Waals surface area (Å²) >= 11 is 7.12. The number of fused-ring (bicyclic) bond motifs is 1. The van der Waals surface area contributed by atoms with Crippen LogP contribution in [0.1, 0.15) is 44.7 Å². The van der Waals surface area contributed by atoms with Gasteiger partial charge in [0, 0.05) is 18.6 Å². The van der Waals surface area contributed by atoms with E-state index in [1.807, 2.05) is 0 Å². The lowest BCUT2D eigenvalue weighted by molar-refractivity contribution is 0.673. The SMILES string of the molecule is CCCCCC/C(Br)=C(\Br)c1cnc2c(n1)c(=O)n(C)c(=O)n2C. The van der Waals surface area contributed by atoms with Crippen LogP contribution >= 0.6 is 31.9 Å². The maximum Gasteiger partial charge on any atom is 0.332 e. The molecule has 0 saturated carbocycles. The summed E-state index contributed by atoms with van der Waals surface area (Å²) in [7, 11) is 3.01. The first-order valence-corrected chi connectivity index (χ1v) is 9.44. The second-order valence-corrected chi connectivity index (χ2v) is 7.41. The molecule has 0 aliphatic carbocycles. The highest BCUT2D eigenvalue weighted by molar-refractivity contribution is 9.16. The molecular weight excluding hydrogens is 440 g/mol. The first kappa shape index (κ1) is 19.1. The highest BCUT2D eigenvalue weighted by Crippen LogP contribution is 2.30. The first-order valence-electron chi connectivity index (χ1n) is 7.85. The monoisotopic (exact) mass is 458 g/mol. The van der Waals surface area contributed by atoms with Crippen molar-refractivity contribution in [1.82, 2.24) is 19.1 Å². The lowest BCUT2D eigenvalue weighted by Gasteiger charge is -2.08. The number of aryl methyl sites for hydroxylation is 1. The van der Waals surface area contributed by atoms with Crippen molar-refractivity contribution in [2.45, 2.75) is 39.0 Å². The molecule has 0 fully saturated rings. The molecule has 2 rings (SSSR count). The number of hydrogen-bond acceptors (Lipinski definition) is 4. The molecule has 0 radical (unpaired) electrons. The molecule has 0 saturated heterocycles. The fourth-order valence-corrected chi connectivity index (χ4v) is 3.27. The number of hydrogen-bond donors (Lipinski definition) is 0. The van der Waals surface area contributed by atoms with Crippen LogP contribution in [0.3, 0.4) is 0 Å². The summed E-state index contributed by atoms with van der Waals surface area (Å²) in [5, 5.41) is 0. The second kappa shape index (κ2) is 8.20. The molecule has 0 aliphatic heterocycles. The topological polar surface area (TPSA) is 69.8 Å². The summed E-state index contributed by atoms with van der Waals surface area (Å²) in [5.41, 5.74) is 0.176. The van der Waals surface area contributed by atoms with Gasteiger partial charge in [-0.25, -0.2) is 14.8 Å². The zero-order valence-corrected chi connectivity index (χ0v) is 17.1. The molecule has 0 amide bonds. The molecule has 0 unspecified atom stereocenters. The van der Waals surface area contributed by atoms with Crippen molar-refractivity contribution in [2.24, 2.45) is 14.1 Å². The standard InChI is InChI=1S/C16H20Br2N4O2/c1-4-5-6-7-8-10(17)12(18)11-9-19-14-13(20-11)15(23)22(3)16(24)21(14)2/h9H,4-8H2,1-3H3/b12-10+. The smallest absolute Gasteiger partial charge is 0.279 e. The van der Waals surface area contributed by atoms with Crippen molar-refractivity contribution in [3.8, 4) is 0 Å². The van der Waals surface area contributed by atoms with Crippen LogP contribution < -0.4 is 11.2 Å². The Morgan fingerprint density at radius 2 is 1.83 bits per heavy atom. The van der Waals surface area contributed by atoms with Crippen LogP contribution in [0.5, 0.6) is 0 Å². The third-order valence-corrected chi connectivity index (χ3v) is 6.07. The normalized spacial score (nSPS) is 12.5. The van der Waals surface area contributed by atoms with E-state index in [1.165, 1.54) is 30.9 Å². The van der Waals surface area contributed by atoms with E-state index in [2.05, 4.69) is 48.8 Å². The predicted molar refractivity (Wildman–Crippen MR) is 104 cm³/mol. The predicted octanol–water partition coefficient (Wildman–Crippen LogP) is 3.46. The fourth-order valence-electron chi connectivity index (χ4n) is 2.39. The van der Waals surface area contributed by atoms with Crippen LogP contribution in [0.15, 0.2) is 20.3 Å². The van der Waals surface area contributed by atoms with Gasteiger partial charge in [0.15, 0.2) is 11.2 Å². The molecule has 2 aromatic rings. The van der Waals surface area contributed by atoms with E-state index >= 15 is 0 Å². The second-order valence-electron chi connectivity index (χ2n) is 5.66. The van der Waals surface area contributed by atoms with Gasteiger partial charge >= 0.3 is 5.69 Å². The van der Waals surface area contributed by atoms with E-state index in [-0.39, 0.29) is 11.2 Å². The van der Waals surface area contributed by atoms with Crippen molar-refractivity contribution in [2.75, 3.05) is 0 Å². The summed E-state index contributed by atoms with van der Waals surface area (Å²) in [6.45, 7) is 2.18. The maximum atomic E-state index is 12.3. The van der Waals surface area contributed by atoms with Crippen LogP contribution in [-0.4, -0.2) is 19.1 Å². The lowest BCUT2D eigenvalue weighted by Crippen LogP contribution is -2.37. The van der Waals surface area contributed by atoms with E-state index in [1.54, 1.807) is 13.2 Å². The first-order chi connectivity index (χ1) is 11.4. The van der Waals surface area contributed by atoms with Gasteiger partial charge in [-0.05, 0) is 28.8 Å². The number of allylic oxidation sites excluding steroid dienone is 1. The summed E-state index contributed by atoms with van der Waals surface area (Å²) in [6.07, 6.45) is 7.14. The Morgan fingerprint density at radius 3 is 2.50 bits per heavy atom. The minimum absolute atomic E-state index is 0.181. The van der Waals surface area contributed by atoms with E-state index in [0.717, 1.165) is 26.4 Å². The van der Waals surface area contributed by atoms with E-state index in [0.29, 0.717) is 5.69 Å². The highest BCUT2D eigenvalue weighted by Gasteiger charge is 2.14. The van der Waals surface area contributed by atoms with E-state index in [4.69, 9.17) is 0 Å². The molecular formula is C16H20Br2N4O2. The van der Waals surface area contributed by atoms with Crippen LogP contribution in [0.4, 0.5) is 0 Å². The summed E-state index contributed by atoms with van der Waals surface area (Å²) in [4.78, 5) is 32.9. The summed E-state index contributed by atoms with van der Waals surface area (Å²) < 4.78 is 4.14. The van der Waals surface area contributed by atoms with Gasteiger partial charge in [0.05, 0.1) is 16.4 Å². The highest BCUT2D eigenvalue weighted by atomic mass is 79.9. The Hall–Kier alpha value is -1.28. The Bertz CT molecular complexity index is 899. The van der Waals surface area contributed by atoms with Crippen molar-refractivity contribution in [3.63, 3.8) is 0 Å². The van der Waals surface area contributed by atoms with Gasteiger partial charge in [-0.15, -0.1) is 0 Å². The number of halogens is 2. The molecule has 24 heavy (non-hydrogen) atoms. The molecule has 0 aromatic carbocycles. The fraction of sp³-hybridized carbons (Fsp3) is 0.500. The minimum atomic E-state index is -0.443. The quantitative estimate of drug-likeness (QED) is 0.620. The molecule has 6 nitrogen and oxygen atoms in total. The van der Waals surface area contributed by atoms with Gasteiger partial charge < -0.3 is 0 Å². The zero-order chi connectivity index (χ0) is 17.9. The molecule has 0 spiro atoms. The van der Waals surface area contributed by atoms with E-state index in [9.17, 15) is 9.59 Å². The van der Waals surface area contributed by atoms with Crippen LogP contribution in [0.2, 0.25) is 0 Å². The maximum absolute atomic E-state index is 12.3. The zero-order valence-electron chi connectivity index (χ0n) is 14.0. The van der Waals surface area contributed by atoms with Crippen molar-refractivity contribution >= 4 is 47.5 Å². The lowest BCUT2D eigenvalue weighted by atomic mass is 10.1. The Labute approximate surface area is 156 Å². The molecule has 0 bridgehead atoms. The molecule has 130 valence electrons. The van der Waals surface area contributed by atoms with Gasteiger partial charge in [0.1, 0.15) is 0 Å². The Morgan fingerprint density at radius 1 is 1.12 bits per heavy atom. The van der Waals surface area contributed by atoms with E-state index < -0.39 is 11.2 Å². The van der Waals surface area contributed by atoms with Crippen molar-refractivity contribution in [1.29, 1.82) is 0 Å². The van der Waals surface area contributed by atoms with Crippen LogP contribution in [0, 0.1) is 0 Å². The third-order valence-electron chi connectivity index (χ3n) is 3.86. The van der Waals surface area contributed by atoms with Gasteiger partial charge in [-0.3, -0.25) is 13.9 Å². The molecule has 0 atom stereocenters. The molecule has 2 heterocycles. The number of nitrogens with zero attached hydrogens (tertiary/aromatic N) is 4. The number of unbranched alkanes of at least 4 members (excludes halogenated alkanes) is 3. The minimum Gasteiger partial charge on any atom is -0.279 e. The molecule has 0 N–H and O–H groups in total. The third kappa shape index (κ3) is 3.85. The van der Waals surface area contributed by atoms with Crippen molar-refractivity contribution < 1.29 is 0 Å². The Kier molecular flexibility index (Phi) is 6.51. The molecule has 0 aliphatic rings. The summed E-state index contributed by atoms with van der Waals surface area (Å²) in [5.74, 6) is 0. The number of rotatable bonds is 6. The van der Waals surface area contributed by atoms with Gasteiger partial charge in [0.2, 0.25) is 0 Å². The van der Waals surface area contributed by atoms with Gasteiger partial charge in [-0.2, -0.15) is 0 Å². The average molecular weight is 460 g/mol. The number of aromatic nitrogens is 4. The average Bonchev–Trinajstić information content (AvgIpc) is 2.60. The Balaban J connectivity index is 2.44. The largest absolute Gasteiger partial charge is 0.332 e. The molecule has 2 aromatic heterocycles. The van der Waals surface area contributed by atoms with Crippen LogP contribution in [0.25, 0.3) is 15.6 Å². The molecule has 8 heteroatoms. The van der Waals surface area contributed by atoms with Gasteiger partial charge in [0.25, 0.3) is 5.56 Å². The van der Waals surface area contributed by atoms with Gasteiger partial charge in [-0.1, -0.05) is 42.1 Å². The summed E-state index contributed by atoms with van der Waals surface area (Å²) in [6, 6.07) is 0. The van der Waals surface area contributed by atoms with Crippen LogP contribution in [-0.2, 0) is 14.1 Å².